The molecule has 0 aliphatic heterocycles. The summed E-state index contributed by atoms with van der Waals surface area (Å²) < 4.78 is 7.80. The minimum atomic E-state index is -0.315. The van der Waals surface area contributed by atoms with Crippen LogP contribution in [0.1, 0.15) is 27.7 Å². The number of thiophene rings is 1. The topological polar surface area (TPSA) is 48.3 Å². The number of nitrogens with zero attached hydrogens (tertiary/aromatic N) is 1. The first-order chi connectivity index (χ1) is 14.5. The van der Waals surface area contributed by atoms with Gasteiger partial charge in [-0.1, -0.05) is 41.9 Å². The average Bonchev–Trinajstić information content (AvgIpc) is 3.14. The van der Waals surface area contributed by atoms with E-state index in [0.29, 0.717) is 18.6 Å². The van der Waals surface area contributed by atoms with Crippen LogP contribution in [0.5, 0.6) is 0 Å². The highest BCUT2D eigenvalue weighted by Crippen LogP contribution is 2.36. The van der Waals surface area contributed by atoms with Crippen molar-refractivity contribution in [1.29, 1.82) is 0 Å². The molecule has 0 amide bonds. The maximum Gasteiger partial charge on any atom is 0.338 e. The molecule has 0 bridgehead atoms. The van der Waals surface area contributed by atoms with E-state index in [1.807, 2.05) is 30.5 Å². The number of ether oxygens (including phenoxy) is 1. The Hall–Kier alpha value is -2.89. The molecule has 0 atom stereocenters. The van der Waals surface area contributed by atoms with Crippen LogP contribution in [0, 0.1) is 0 Å². The number of esters is 1. The van der Waals surface area contributed by atoms with E-state index in [2.05, 4.69) is 18.2 Å². The SMILES string of the molecule is CCOC(=O)c1cccc(-c2cccc3cc(Cc4cc(Cl)c(=O)n(C)c4)sc23)c1. The lowest BCUT2D eigenvalue weighted by molar-refractivity contribution is 0.0526. The van der Waals surface area contributed by atoms with Gasteiger partial charge in [0, 0.05) is 29.2 Å². The van der Waals surface area contributed by atoms with Crippen molar-refractivity contribution in [2.24, 2.45) is 7.05 Å². The molecule has 0 unspecified atom stereocenters. The van der Waals surface area contributed by atoms with Crippen LogP contribution < -0.4 is 5.56 Å². The summed E-state index contributed by atoms with van der Waals surface area (Å²) in [5.41, 5.74) is 3.39. The number of carbonyl (C=O) groups is 1. The highest BCUT2D eigenvalue weighted by atomic mass is 35.5. The molecule has 0 saturated heterocycles. The number of pyridine rings is 1. The van der Waals surface area contributed by atoms with Crippen LogP contribution in [-0.4, -0.2) is 17.1 Å². The quantitative estimate of drug-likeness (QED) is 0.377. The van der Waals surface area contributed by atoms with Crippen molar-refractivity contribution in [2.45, 2.75) is 13.3 Å². The zero-order chi connectivity index (χ0) is 21.3. The summed E-state index contributed by atoms with van der Waals surface area (Å²) in [6, 6.07) is 17.6. The molecule has 2 aromatic carbocycles. The molecule has 0 saturated carbocycles. The first-order valence-electron chi connectivity index (χ1n) is 9.60. The third kappa shape index (κ3) is 4.04. The lowest BCUT2D eigenvalue weighted by Crippen LogP contribution is -2.17. The monoisotopic (exact) mass is 437 g/mol. The van der Waals surface area contributed by atoms with Crippen molar-refractivity contribution in [3.05, 3.63) is 92.2 Å². The number of halogens is 1. The number of benzene rings is 2. The maximum atomic E-state index is 12.1. The lowest BCUT2D eigenvalue weighted by atomic mass is 10.0. The van der Waals surface area contributed by atoms with Crippen molar-refractivity contribution in [3.8, 4) is 11.1 Å². The van der Waals surface area contributed by atoms with Gasteiger partial charge in [0.15, 0.2) is 0 Å². The van der Waals surface area contributed by atoms with Crippen LogP contribution in [-0.2, 0) is 18.2 Å². The van der Waals surface area contributed by atoms with Crippen LogP contribution in [0.25, 0.3) is 21.2 Å². The van der Waals surface area contributed by atoms with E-state index < -0.39 is 0 Å². The minimum Gasteiger partial charge on any atom is -0.462 e. The van der Waals surface area contributed by atoms with E-state index in [1.54, 1.807) is 37.4 Å². The molecular weight excluding hydrogens is 418 g/mol. The van der Waals surface area contributed by atoms with Gasteiger partial charge in [0.05, 0.1) is 12.2 Å². The Morgan fingerprint density at radius 2 is 1.93 bits per heavy atom. The molecule has 0 fully saturated rings. The van der Waals surface area contributed by atoms with E-state index in [1.165, 1.54) is 9.44 Å². The molecule has 0 aliphatic rings. The van der Waals surface area contributed by atoms with Crippen LogP contribution in [0.3, 0.4) is 0 Å². The number of rotatable bonds is 5. The van der Waals surface area contributed by atoms with Gasteiger partial charge in [-0.3, -0.25) is 4.79 Å². The Balaban J connectivity index is 1.72. The molecule has 0 radical (unpaired) electrons. The summed E-state index contributed by atoms with van der Waals surface area (Å²) in [5.74, 6) is -0.315. The highest BCUT2D eigenvalue weighted by molar-refractivity contribution is 7.19. The lowest BCUT2D eigenvalue weighted by Gasteiger charge is -2.06. The number of carbonyl (C=O) groups excluding carboxylic acids is 1. The van der Waals surface area contributed by atoms with Gasteiger partial charge in [0.25, 0.3) is 5.56 Å². The summed E-state index contributed by atoms with van der Waals surface area (Å²) in [6.07, 6.45) is 2.51. The van der Waals surface area contributed by atoms with Gasteiger partial charge in [-0.15, -0.1) is 11.3 Å². The zero-order valence-electron chi connectivity index (χ0n) is 16.6. The van der Waals surface area contributed by atoms with Crippen molar-refractivity contribution >= 4 is 39.0 Å². The van der Waals surface area contributed by atoms with E-state index in [4.69, 9.17) is 16.3 Å². The second kappa shape index (κ2) is 8.46. The Morgan fingerprint density at radius 3 is 2.70 bits per heavy atom. The number of aryl methyl sites for hydroxylation is 1. The molecule has 152 valence electrons. The predicted octanol–water partition coefficient (Wildman–Crippen LogP) is 5.69. The Morgan fingerprint density at radius 1 is 1.13 bits per heavy atom. The molecule has 6 heteroatoms. The molecule has 0 N–H and O–H groups in total. The van der Waals surface area contributed by atoms with Crippen LogP contribution in [0.15, 0.2) is 65.6 Å². The first kappa shape index (κ1) is 20.4. The summed E-state index contributed by atoms with van der Waals surface area (Å²) in [5, 5.41) is 1.37. The van der Waals surface area contributed by atoms with Crippen molar-refractivity contribution in [3.63, 3.8) is 0 Å². The van der Waals surface area contributed by atoms with Gasteiger partial charge in [-0.25, -0.2) is 4.79 Å². The average molecular weight is 438 g/mol. The largest absolute Gasteiger partial charge is 0.462 e. The molecule has 4 aromatic rings. The van der Waals surface area contributed by atoms with Gasteiger partial charge in [0.2, 0.25) is 0 Å². The Labute approximate surface area is 183 Å². The molecule has 0 spiro atoms. The fraction of sp³-hybridized carbons (Fsp3) is 0.167. The molecule has 4 nitrogen and oxygen atoms in total. The number of aromatic nitrogens is 1. The predicted molar refractivity (Wildman–Crippen MR) is 123 cm³/mol. The van der Waals surface area contributed by atoms with E-state index in [0.717, 1.165) is 26.8 Å². The summed E-state index contributed by atoms with van der Waals surface area (Å²) >= 11 is 7.77. The number of hydrogen-bond donors (Lipinski definition) is 0. The zero-order valence-corrected chi connectivity index (χ0v) is 18.2. The summed E-state index contributed by atoms with van der Waals surface area (Å²) in [4.78, 5) is 25.1. The highest BCUT2D eigenvalue weighted by Gasteiger charge is 2.12. The molecule has 0 aliphatic carbocycles. The third-order valence-corrected chi connectivity index (χ3v) is 6.31. The van der Waals surface area contributed by atoms with Gasteiger partial charge >= 0.3 is 5.97 Å². The first-order valence-corrected chi connectivity index (χ1v) is 10.8. The van der Waals surface area contributed by atoms with Crippen molar-refractivity contribution < 1.29 is 9.53 Å². The molecular formula is C24H20ClNO3S. The van der Waals surface area contributed by atoms with Crippen LogP contribution >= 0.6 is 22.9 Å². The summed E-state index contributed by atoms with van der Waals surface area (Å²) in [6.45, 7) is 2.15. The minimum absolute atomic E-state index is 0.194. The maximum absolute atomic E-state index is 12.1. The third-order valence-electron chi connectivity index (χ3n) is 4.85. The van der Waals surface area contributed by atoms with Crippen molar-refractivity contribution in [1.82, 2.24) is 4.57 Å². The van der Waals surface area contributed by atoms with E-state index in [9.17, 15) is 9.59 Å². The molecule has 30 heavy (non-hydrogen) atoms. The second-order valence-corrected chi connectivity index (χ2v) is 8.57. The van der Waals surface area contributed by atoms with E-state index >= 15 is 0 Å². The van der Waals surface area contributed by atoms with Gasteiger partial charge < -0.3 is 9.30 Å². The fourth-order valence-corrected chi connectivity index (χ4v) is 5.00. The molecule has 2 heterocycles. The smallest absolute Gasteiger partial charge is 0.338 e. The fourth-order valence-electron chi connectivity index (χ4n) is 3.49. The molecule has 4 rings (SSSR count). The van der Waals surface area contributed by atoms with Crippen LogP contribution in [0.4, 0.5) is 0 Å². The standard InChI is InChI=1S/C24H20ClNO3S/c1-3-29-24(28)18-8-4-6-16(12-18)20-9-5-7-17-13-19(30-22(17)20)10-15-11-21(25)23(27)26(2)14-15/h4-9,11-14H,3,10H2,1-2H3. The van der Waals surface area contributed by atoms with Gasteiger partial charge in [-0.2, -0.15) is 0 Å². The van der Waals surface area contributed by atoms with Crippen molar-refractivity contribution in [2.75, 3.05) is 6.61 Å². The van der Waals surface area contributed by atoms with E-state index in [-0.39, 0.29) is 16.6 Å². The normalized spacial score (nSPS) is 11.0. The second-order valence-electron chi connectivity index (χ2n) is 7.03. The Kier molecular flexibility index (Phi) is 5.75. The Bertz CT molecular complexity index is 1280. The molecule has 2 aromatic heterocycles. The van der Waals surface area contributed by atoms with Gasteiger partial charge in [0.1, 0.15) is 5.02 Å². The summed E-state index contributed by atoms with van der Waals surface area (Å²) in [7, 11) is 1.71. The van der Waals surface area contributed by atoms with Gasteiger partial charge in [-0.05, 0) is 53.3 Å². The number of hydrogen-bond acceptors (Lipinski definition) is 4. The number of fused-ring (bicyclic) bond motifs is 1. The van der Waals surface area contributed by atoms with Crippen LogP contribution in [0.2, 0.25) is 5.02 Å².